The normalized spacial score (nSPS) is 14.4. The fraction of sp³-hybridized carbons (Fsp3) is 0.364. The quantitative estimate of drug-likeness (QED) is 0.608. The number of aromatic nitrogens is 1. The number of likely N-dealkylation sites (tertiary alicyclic amines) is 1. The minimum absolute atomic E-state index is 0.0470. The third-order valence-corrected chi connectivity index (χ3v) is 6.11. The zero-order valence-corrected chi connectivity index (χ0v) is 18.5. The minimum atomic E-state index is -0.173. The van der Waals surface area contributed by atoms with Crippen LogP contribution in [0.25, 0.3) is 10.2 Å². The molecule has 2 amide bonds. The van der Waals surface area contributed by atoms with Crippen molar-refractivity contribution in [1.29, 1.82) is 0 Å². The number of nitrogens with one attached hydrogen (secondary N) is 1. The molecule has 1 aliphatic rings. The molecule has 164 valence electrons. The monoisotopic (exact) mass is 443 g/mol. The van der Waals surface area contributed by atoms with E-state index in [0.717, 1.165) is 23.1 Å². The molecule has 9 heteroatoms. The first-order valence-corrected chi connectivity index (χ1v) is 10.8. The van der Waals surface area contributed by atoms with E-state index in [-0.39, 0.29) is 12.1 Å². The lowest BCUT2D eigenvalue weighted by Gasteiger charge is -2.31. The number of piperidine rings is 1. The molecule has 0 aliphatic carbocycles. The molecule has 8 nitrogen and oxygen atoms in total. The van der Waals surface area contributed by atoms with Gasteiger partial charge in [-0.2, -0.15) is 0 Å². The average molecular weight is 444 g/mol. The van der Waals surface area contributed by atoms with Gasteiger partial charge in [-0.3, -0.25) is 0 Å². The predicted molar refractivity (Wildman–Crippen MR) is 120 cm³/mol. The molecule has 1 aromatic heterocycles. The first-order valence-electron chi connectivity index (χ1n) is 9.99. The summed E-state index contributed by atoms with van der Waals surface area (Å²) in [5.74, 6) is 1.45. The maximum Gasteiger partial charge on any atom is 0.321 e. The number of nitrogens with zero attached hydrogens (tertiary/aromatic N) is 2. The molecule has 31 heavy (non-hydrogen) atoms. The fourth-order valence-electron chi connectivity index (χ4n) is 3.58. The van der Waals surface area contributed by atoms with Crippen molar-refractivity contribution >= 4 is 33.3 Å². The molecule has 0 saturated carbocycles. The number of ether oxygens (including phenoxy) is 4. The van der Waals surface area contributed by atoms with Gasteiger partial charge in [0.15, 0.2) is 11.5 Å². The number of hydrogen-bond acceptors (Lipinski definition) is 7. The van der Waals surface area contributed by atoms with Gasteiger partial charge in [-0.15, -0.1) is 0 Å². The van der Waals surface area contributed by atoms with Crippen LogP contribution in [0.15, 0.2) is 36.4 Å². The Kier molecular flexibility index (Phi) is 6.31. The molecule has 1 fully saturated rings. The van der Waals surface area contributed by atoms with E-state index in [2.05, 4.69) is 10.3 Å². The summed E-state index contributed by atoms with van der Waals surface area (Å²) in [5.41, 5.74) is 1.53. The summed E-state index contributed by atoms with van der Waals surface area (Å²) in [6.07, 6.45) is 1.54. The van der Waals surface area contributed by atoms with Gasteiger partial charge in [-0.1, -0.05) is 23.5 Å². The lowest BCUT2D eigenvalue weighted by Crippen LogP contribution is -2.43. The lowest BCUT2D eigenvalue weighted by atomic mass is 10.1. The van der Waals surface area contributed by atoms with Crippen molar-refractivity contribution in [2.24, 2.45) is 0 Å². The van der Waals surface area contributed by atoms with E-state index < -0.39 is 0 Å². The van der Waals surface area contributed by atoms with E-state index in [1.165, 1.54) is 0 Å². The van der Waals surface area contributed by atoms with E-state index in [4.69, 9.17) is 18.9 Å². The zero-order valence-electron chi connectivity index (χ0n) is 17.7. The Labute approximate surface area is 184 Å². The number of thiazole rings is 1. The van der Waals surface area contributed by atoms with Crippen LogP contribution in [0.3, 0.4) is 0 Å². The second-order valence-corrected chi connectivity index (χ2v) is 8.09. The topological polar surface area (TPSA) is 82.2 Å². The number of amides is 2. The zero-order chi connectivity index (χ0) is 21.8. The molecular formula is C22H25N3O5S. The van der Waals surface area contributed by atoms with Crippen LogP contribution in [0.2, 0.25) is 0 Å². The van der Waals surface area contributed by atoms with Crippen molar-refractivity contribution in [3.05, 3.63) is 36.4 Å². The molecule has 4 rings (SSSR count). The van der Waals surface area contributed by atoms with Crippen molar-refractivity contribution in [2.75, 3.05) is 39.7 Å². The molecular weight excluding hydrogens is 418 g/mol. The highest BCUT2D eigenvalue weighted by Crippen LogP contribution is 2.40. The Morgan fingerprint density at radius 1 is 1.06 bits per heavy atom. The first-order chi connectivity index (χ1) is 15.1. The number of fused-ring (bicyclic) bond motifs is 1. The maximum absolute atomic E-state index is 12.8. The van der Waals surface area contributed by atoms with Crippen molar-refractivity contribution in [3.8, 4) is 22.4 Å². The second-order valence-electron chi connectivity index (χ2n) is 7.10. The maximum atomic E-state index is 12.8. The largest absolute Gasteiger partial charge is 0.493 e. The molecule has 1 aliphatic heterocycles. The van der Waals surface area contributed by atoms with Crippen molar-refractivity contribution in [1.82, 2.24) is 9.88 Å². The average Bonchev–Trinajstić information content (AvgIpc) is 3.21. The van der Waals surface area contributed by atoms with Gasteiger partial charge in [-0.25, -0.2) is 9.78 Å². The highest BCUT2D eigenvalue weighted by Gasteiger charge is 2.25. The molecule has 0 spiro atoms. The van der Waals surface area contributed by atoms with Gasteiger partial charge in [0.25, 0.3) is 5.19 Å². The summed E-state index contributed by atoms with van der Waals surface area (Å²) < 4.78 is 23.2. The first kappa shape index (κ1) is 21.0. The standard InChI is InChI=1S/C22H25N3O5S/c1-27-17-12-14(13-18(28-2)20(17)29-3)23-21(26)25-10-8-15(9-11-25)30-22-24-16-6-4-5-7-19(16)31-22/h4-7,12-13,15H,8-11H2,1-3H3,(H,23,26). The van der Waals surface area contributed by atoms with Gasteiger partial charge in [0.1, 0.15) is 6.10 Å². The molecule has 1 saturated heterocycles. The van der Waals surface area contributed by atoms with Crippen molar-refractivity contribution < 1.29 is 23.7 Å². The van der Waals surface area contributed by atoms with Gasteiger partial charge in [0, 0.05) is 38.1 Å². The van der Waals surface area contributed by atoms with Crippen LogP contribution in [0.5, 0.6) is 22.4 Å². The molecule has 1 N–H and O–H groups in total. The Hall–Kier alpha value is -3.20. The van der Waals surface area contributed by atoms with Gasteiger partial charge in [0.05, 0.1) is 37.2 Å². The Bertz CT molecular complexity index is 1000. The summed E-state index contributed by atoms with van der Waals surface area (Å²) in [7, 11) is 4.62. The van der Waals surface area contributed by atoms with Crippen LogP contribution in [-0.2, 0) is 0 Å². The minimum Gasteiger partial charge on any atom is -0.493 e. The van der Waals surface area contributed by atoms with E-state index in [0.29, 0.717) is 41.2 Å². The smallest absolute Gasteiger partial charge is 0.321 e. The lowest BCUT2D eigenvalue weighted by molar-refractivity contribution is 0.115. The highest BCUT2D eigenvalue weighted by atomic mass is 32.1. The van der Waals surface area contributed by atoms with Crippen LogP contribution in [0.1, 0.15) is 12.8 Å². The highest BCUT2D eigenvalue weighted by molar-refractivity contribution is 7.20. The number of carbonyl (C=O) groups excluding carboxylic acids is 1. The summed E-state index contributed by atoms with van der Waals surface area (Å²) in [5, 5.41) is 3.60. The van der Waals surface area contributed by atoms with E-state index in [1.807, 2.05) is 24.3 Å². The van der Waals surface area contributed by atoms with E-state index >= 15 is 0 Å². The van der Waals surface area contributed by atoms with Gasteiger partial charge in [0.2, 0.25) is 5.75 Å². The van der Waals surface area contributed by atoms with Crippen molar-refractivity contribution in [2.45, 2.75) is 18.9 Å². The van der Waals surface area contributed by atoms with Crippen LogP contribution in [-0.4, -0.2) is 56.4 Å². The molecule has 3 aromatic rings. The third-order valence-electron chi connectivity index (χ3n) is 5.19. The van der Waals surface area contributed by atoms with Crippen LogP contribution < -0.4 is 24.3 Å². The fourth-order valence-corrected chi connectivity index (χ4v) is 4.46. The Morgan fingerprint density at radius 3 is 2.35 bits per heavy atom. The van der Waals surface area contributed by atoms with E-state index in [1.54, 1.807) is 49.7 Å². The molecule has 2 heterocycles. The van der Waals surface area contributed by atoms with Gasteiger partial charge in [-0.05, 0) is 12.1 Å². The van der Waals surface area contributed by atoms with Crippen molar-refractivity contribution in [3.63, 3.8) is 0 Å². The van der Waals surface area contributed by atoms with E-state index in [9.17, 15) is 4.79 Å². The number of anilines is 1. The Morgan fingerprint density at radius 2 is 1.74 bits per heavy atom. The molecule has 0 radical (unpaired) electrons. The number of rotatable bonds is 6. The predicted octanol–water partition coefficient (Wildman–Crippen LogP) is 4.40. The van der Waals surface area contributed by atoms with Gasteiger partial charge >= 0.3 is 6.03 Å². The number of para-hydroxylation sites is 1. The summed E-state index contributed by atoms with van der Waals surface area (Å²) in [6.45, 7) is 1.21. The summed E-state index contributed by atoms with van der Waals surface area (Å²) in [4.78, 5) is 19.1. The Balaban J connectivity index is 1.35. The number of hydrogen-bond donors (Lipinski definition) is 1. The summed E-state index contributed by atoms with van der Waals surface area (Å²) >= 11 is 1.55. The number of urea groups is 1. The second kappa shape index (κ2) is 9.30. The van der Waals surface area contributed by atoms with Gasteiger partial charge < -0.3 is 29.2 Å². The molecule has 0 atom stereocenters. The third kappa shape index (κ3) is 4.61. The van der Waals surface area contributed by atoms with Crippen LogP contribution in [0.4, 0.5) is 10.5 Å². The summed E-state index contributed by atoms with van der Waals surface area (Å²) in [6, 6.07) is 11.2. The molecule has 0 unspecified atom stereocenters. The van der Waals surface area contributed by atoms with Crippen LogP contribution >= 0.6 is 11.3 Å². The van der Waals surface area contributed by atoms with Crippen LogP contribution in [0, 0.1) is 0 Å². The molecule has 0 bridgehead atoms. The number of methoxy groups -OCH3 is 3. The molecule has 2 aromatic carbocycles. The SMILES string of the molecule is COc1cc(NC(=O)N2CCC(Oc3nc4ccccc4s3)CC2)cc(OC)c1OC. The number of carbonyl (C=O) groups is 1. The number of benzene rings is 2.